The van der Waals surface area contributed by atoms with Crippen LogP contribution < -0.4 is 15.4 Å². The van der Waals surface area contributed by atoms with Gasteiger partial charge in [0.25, 0.3) is 0 Å². The summed E-state index contributed by atoms with van der Waals surface area (Å²) in [6.07, 6.45) is 0.942. The van der Waals surface area contributed by atoms with E-state index in [0.29, 0.717) is 12.5 Å². The monoisotopic (exact) mass is 354 g/mol. The highest BCUT2D eigenvalue weighted by molar-refractivity contribution is 5.78. The molecule has 1 atom stereocenters. The highest BCUT2D eigenvalue weighted by atomic mass is 19.1. The van der Waals surface area contributed by atoms with E-state index in [0.717, 1.165) is 44.0 Å². The van der Waals surface area contributed by atoms with Crippen LogP contribution in [0.3, 0.4) is 0 Å². The first kappa shape index (κ1) is 16.7. The Morgan fingerprint density at radius 2 is 1.81 bits per heavy atom. The molecular formula is C20H23FN4O. The van der Waals surface area contributed by atoms with Crippen LogP contribution in [0.1, 0.15) is 5.56 Å². The third kappa shape index (κ3) is 3.59. The molecule has 2 aromatic carbocycles. The Balaban J connectivity index is 1.29. The number of fused-ring (bicyclic) bond motifs is 1. The van der Waals surface area contributed by atoms with Crippen LogP contribution in [0.25, 0.3) is 0 Å². The summed E-state index contributed by atoms with van der Waals surface area (Å²) in [7, 11) is 0. The minimum absolute atomic E-state index is 0.0615. The second-order valence-electron chi connectivity index (χ2n) is 6.70. The van der Waals surface area contributed by atoms with Gasteiger partial charge in [0.2, 0.25) is 0 Å². The van der Waals surface area contributed by atoms with E-state index in [9.17, 15) is 4.39 Å². The molecule has 2 aliphatic rings. The van der Waals surface area contributed by atoms with E-state index in [4.69, 9.17) is 10.5 Å². The van der Waals surface area contributed by atoms with Gasteiger partial charge in [-0.15, -0.1) is 0 Å². The minimum Gasteiger partial charge on any atom is -0.488 e. The number of rotatable bonds is 3. The molecule has 136 valence electrons. The van der Waals surface area contributed by atoms with E-state index in [-0.39, 0.29) is 11.9 Å². The van der Waals surface area contributed by atoms with Gasteiger partial charge in [-0.25, -0.2) is 9.38 Å². The van der Waals surface area contributed by atoms with Crippen molar-refractivity contribution in [1.29, 1.82) is 0 Å². The molecule has 0 spiro atoms. The summed E-state index contributed by atoms with van der Waals surface area (Å²) in [6, 6.07) is 14.7. The standard InChI is InChI=1S/C20H23FN4O/c21-16-5-7-17(8-6-16)24-9-11-25(12-10-24)20(22)23-14-18-13-15-3-1-2-4-19(15)26-18/h1-8,18H,9-14H2,(H2,22,23). The van der Waals surface area contributed by atoms with Crippen LogP contribution in [-0.4, -0.2) is 49.7 Å². The molecule has 0 radical (unpaired) electrons. The lowest BCUT2D eigenvalue weighted by Gasteiger charge is -2.36. The van der Waals surface area contributed by atoms with Gasteiger partial charge in [0.05, 0.1) is 6.54 Å². The van der Waals surface area contributed by atoms with Crippen LogP contribution in [0.15, 0.2) is 53.5 Å². The van der Waals surface area contributed by atoms with E-state index < -0.39 is 0 Å². The Labute approximate surface area is 152 Å². The largest absolute Gasteiger partial charge is 0.488 e. The van der Waals surface area contributed by atoms with Gasteiger partial charge in [-0.2, -0.15) is 0 Å². The smallest absolute Gasteiger partial charge is 0.191 e. The second kappa shape index (κ2) is 7.23. The molecular weight excluding hydrogens is 331 g/mol. The maximum Gasteiger partial charge on any atom is 0.191 e. The predicted octanol–water partition coefficient (Wildman–Crippen LogP) is 2.27. The normalized spacial score (nSPS) is 20.0. The molecule has 0 aromatic heterocycles. The third-order valence-electron chi connectivity index (χ3n) is 4.97. The topological polar surface area (TPSA) is 54.1 Å². The maximum atomic E-state index is 13.1. The van der Waals surface area contributed by atoms with Crippen molar-refractivity contribution >= 4 is 11.6 Å². The van der Waals surface area contributed by atoms with Gasteiger partial charge < -0.3 is 20.3 Å². The number of hydrogen-bond donors (Lipinski definition) is 1. The number of piperazine rings is 1. The Kier molecular flexibility index (Phi) is 4.65. The number of nitrogens with zero attached hydrogens (tertiary/aromatic N) is 3. The van der Waals surface area contributed by atoms with Crippen LogP contribution in [0.2, 0.25) is 0 Å². The highest BCUT2D eigenvalue weighted by Gasteiger charge is 2.23. The van der Waals surface area contributed by atoms with Crippen LogP contribution in [0.5, 0.6) is 5.75 Å². The number of anilines is 1. The zero-order valence-electron chi connectivity index (χ0n) is 14.6. The zero-order valence-corrected chi connectivity index (χ0v) is 14.6. The molecule has 2 aliphatic heterocycles. The lowest BCUT2D eigenvalue weighted by atomic mass is 10.1. The summed E-state index contributed by atoms with van der Waals surface area (Å²) < 4.78 is 19.0. The van der Waals surface area contributed by atoms with Gasteiger partial charge in [0.1, 0.15) is 17.7 Å². The first-order valence-corrected chi connectivity index (χ1v) is 8.99. The molecule has 1 unspecified atom stereocenters. The fourth-order valence-electron chi connectivity index (χ4n) is 3.50. The molecule has 2 aromatic rings. The van der Waals surface area contributed by atoms with Crippen molar-refractivity contribution in [2.24, 2.45) is 10.7 Å². The first-order valence-electron chi connectivity index (χ1n) is 8.99. The van der Waals surface area contributed by atoms with E-state index in [1.165, 1.54) is 17.7 Å². The Bertz CT molecular complexity index is 760. The number of hydrogen-bond acceptors (Lipinski definition) is 3. The number of benzene rings is 2. The van der Waals surface area contributed by atoms with Gasteiger partial charge in [-0.3, -0.25) is 0 Å². The molecule has 1 saturated heterocycles. The van der Waals surface area contributed by atoms with Crippen molar-refractivity contribution in [2.75, 3.05) is 37.6 Å². The molecule has 0 saturated carbocycles. The van der Waals surface area contributed by atoms with Crippen molar-refractivity contribution in [1.82, 2.24) is 4.90 Å². The predicted molar refractivity (Wildman–Crippen MR) is 101 cm³/mol. The molecule has 1 fully saturated rings. The Hall–Kier alpha value is -2.76. The maximum absolute atomic E-state index is 13.1. The molecule has 2 heterocycles. The third-order valence-corrected chi connectivity index (χ3v) is 4.97. The summed E-state index contributed by atoms with van der Waals surface area (Å²) in [4.78, 5) is 8.88. The van der Waals surface area contributed by atoms with Crippen molar-refractivity contribution in [3.8, 4) is 5.75 Å². The van der Waals surface area contributed by atoms with Gasteiger partial charge >= 0.3 is 0 Å². The molecule has 0 amide bonds. The summed E-state index contributed by atoms with van der Waals surface area (Å²) in [5, 5.41) is 0. The number of halogens is 1. The number of guanidine groups is 1. The van der Waals surface area contributed by atoms with Gasteiger partial charge in [-0.1, -0.05) is 18.2 Å². The zero-order chi connectivity index (χ0) is 17.9. The molecule has 0 aliphatic carbocycles. The SMILES string of the molecule is NC(=NCC1Cc2ccccc2O1)N1CCN(c2ccc(F)cc2)CC1. The lowest BCUT2D eigenvalue weighted by molar-refractivity contribution is 0.241. The number of aliphatic imine (C=N–C) groups is 1. The van der Waals surface area contributed by atoms with E-state index in [2.05, 4.69) is 20.9 Å². The van der Waals surface area contributed by atoms with Crippen molar-refractivity contribution < 1.29 is 9.13 Å². The Morgan fingerprint density at radius 3 is 2.54 bits per heavy atom. The molecule has 6 heteroatoms. The van der Waals surface area contributed by atoms with Crippen LogP contribution >= 0.6 is 0 Å². The number of para-hydroxylation sites is 1. The van der Waals surface area contributed by atoms with Gasteiger partial charge in [0, 0.05) is 38.3 Å². The quantitative estimate of drug-likeness (QED) is 0.679. The first-order chi connectivity index (χ1) is 12.7. The fraction of sp³-hybridized carbons (Fsp3) is 0.350. The second-order valence-corrected chi connectivity index (χ2v) is 6.70. The summed E-state index contributed by atoms with van der Waals surface area (Å²) >= 11 is 0. The van der Waals surface area contributed by atoms with E-state index in [1.54, 1.807) is 0 Å². The molecule has 4 rings (SSSR count). The van der Waals surface area contributed by atoms with Crippen LogP contribution in [-0.2, 0) is 6.42 Å². The highest BCUT2D eigenvalue weighted by Crippen LogP contribution is 2.28. The molecule has 2 N–H and O–H groups in total. The van der Waals surface area contributed by atoms with Crippen molar-refractivity contribution in [3.63, 3.8) is 0 Å². The lowest BCUT2D eigenvalue weighted by Crippen LogP contribution is -2.51. The minimum atomic E-state index is -0.208. The average Bonchev–Trinajstić information content (AvgIpc) is 3.10. The molecule has 5 nitrogen and oxygen atoms in total. The van der Waals surface area contributed by atoms with Crippen LogP contribution in [0, 0.1) is 5.82 Å². The number of nitrogens with two attached hydrogens (primary N) is 1. The van der Waals surface area contributed by atoms with Gasteiger partial charge in [-0.05, 0) is 35.9 Å². The fourth-order valence-corrected chi connectivity index (χ4v) is 3.50. The van der Waals surface area contributed by atoms with Crippen molar-refractivity contribution in [3.05, 3.63) is 59.9 Å². The summed E-state index contributed by atoms with van der Waals surface area (Å²) in [5.41, 5.74) is 8.46. The van der Waals surface area contributed by atoms with Crippen LogP contribution in [0.4, 0.5) is 10.1 Å². The van der Waals surface area contributed by atoms with Crippen molar-refractivity contribution in [2.45, 2.75) is 12.5 Å². The number of ether oxygens (including phenoxy) is 1. The Morgan fingerprint density at radius 1 is 1.08 bits per heavy atom. The summed E-state index contributed by atoms with van der Waals surface area (Å²) in [5.74, 6) is 1.32. The molecule has 0 bridgehead atoms. The molecule has 26 heavy (non-hydrogen) atoms. The summed E-state index contributed by atoms with van der Waals surface area (Å²) in [6.45, 7) is 3.86. The average molecular weight is 354 g/mol. The van der Waals surface area contributed by atoms with E-state index in [1.807, 2.05) is 30.3 Å². The van der Waals surface area contributed by atoms with E-state index >= 15 is 0 Å². The van der Waals surface area contributed by atoms with Gasteiger partial charge in [0.15, 0.2) is 5.96 Å².